The van der Waals surface area contributed by atoms with Crippen molar-refractivity contribution in [3.8, 4) is 10.4 Å². The Morgan fingerprint density at radius 3 is 2.78 bits per heavy atom. The van der Waals surface area contributed by atoms with Crippen LogP contribution in [0.1, 0.15) is 10.4 Å². The van der Waals surface area contributed by atoms with Gasteiger partial charge in [-0.3, -0.25) is 9.59 Å². The minimum Gasteiger partial charge on any atom is -0.378 e. The number of nitrogens with one attached hydrogen (secondary N) is 1. The van der Waals surface area contributed by atoms with Gasteiger partial charge in [0.05, 0.1) is 30.7 Å². The number of thiophene rings is 1. The number of amides is 2. The van der Waals surface area contributed by atoms with Crippen molar-refractivity contribution in [1.29, 1.82) is 0 Å². The van der Waals surface area contributed by atoms with E-state index in [4.69, 9.17) is 10.5 Å². The number of nitrogens with two attached hydrogens (primary N) is 1. The molecule has 3 N–H and O–H groups in total. The molecule has 2 aromatic rings. The van der Waals surface area contributed by atoms with Gasteiger partial charge in [-0.15, -0.1) is 11.3 Å². The number of hydrogen-bond acceptors (Lipinski definition) is 4. The predicted molar refractivity (Wildman–Crippen MR) is 84.5 cm³/mol. The SMILES string of the molecule is NC(=O)[C@@H]1COC[C@@H]1NC(=O)c1ccc(-c2cccs2)cc1F. The van der Waals surface area contributed by atoms with E-state index < -0.39 is 29.6 Å². The van der Waals surface area contributed by atoms with E-state index in [0.717, 1.165) is 4.88 Å². The van der Waals surface area contributed by atoms with Gasteiger partial charge >= 0.3 is 0 Å². The molecule has 0 radical (unpaired) electrons. The number of hydrogen-bond donors (Lipinski definition) is 2. The van der Waals surface area contributed by atoms with E-state index in [-0.39, 0.29) is 18.8 Å². The van der Waals surface area contributed by atoms with Crippen LogP contribution in [0.4, 0.5) is 4.39 Å². The molecular formula is C16H15FN2O3S. The molecule has 2 amide bonds. The molecule has 1 aromatic heterocycles. The molecule has 7 heteroatoms. The molecule has 1 aliphatic rings. The van der Waals surface area contributed by atoms with Gasteiger partial charge in [0.1, 0.15) is 5.82 Å². The number of ether oxygens (including phenoxy) is 1. The van der Waals surface area contributed by atoms with E-state index in [9.17, 15) is 14.0 Å². The average molecular weight is 334 g/mol. The maximum absolute atomic E-state index is 14.2. The van der Waals surface area contributed by atoms with Crippen molar-refractivity contribution in [2.45, 2.75) is 6.04 Å². The molecule has 0 unspecified atom stereocenters. The van der Waals surface area contributed by atoms with Gasteiger partial charge in [0.15, 0.2) is 0 Å². The van der Waals surface area contributed by atoms with Crippen LogP contribution in [0.3, 0.4) is 0 Å². The summed E-state index contributed by atoms with van der Waals surface area (Å²) in [7, 11) is 0. The molecule has 23 heavy (non-hydrogen) atoms. The third-order valence-electron chi connectivity index (χ3n) is 3.78. The third kappa shape index (κ3) is 3.25. The first kappa shape index (κ1) is 15.6. The molecule has 1 aromatic carbocycles. The molecule has 1 aliphatic heterocycles. The zero-order valence-electron chi connectivity index (χ0n) is 12.1. The summed E-state index contributed by atoms with van der Waals surface area (Å²) in [6.45, 7) is 0.355. The van der Waals surface area contributed by atoms with Crippen LogP contribution in [-0.2, 0) is 9.53 Å². The summed E-state index contributed by atoms with van der Waals surface area (Å²) in [4.78, 5) is 24.4. The van der Waals surface area contributed by atoms with Gasteiger partial charge in [-0.2, -0.15) is 0 Å². The van der Waals surface area contributed by atoms with E-state index in [1.54, 1.807) is 6.07 Å². The largest absolute Gasteiger partial charge is 0.378 e. The fourth-order valence-corrected chi connectivity index (χ4v) is 3.24. The number of carbonyl (C=O) groups excluding carboxylic acids is 2. The topological polar surface area (TPSA) is 81.4 Å². The molecule has 1 saturated heterocycles. The monoisotopic (exact) mass is 334 g/mol. The molecular weight excluding hydrogens is 319 g/mol. The van der Waals surface area contributed by atoms with Crippen molar-refractivity contribution < 1.29 is 18.7 Å². The van der Waals surface area contributed by atoms with Crippen molar-refractivity contribution in [3.05, 3.63) is 47.1 Å². The first-order valence-electron chi connectivity index (χ1n) is 7.07. The van der Waals surface area contributed by atoms with E-state index in [0.29, 0.717) is 5.56 Å². The second-order valence-electron chi connectivity index (χ2n) is 5.30. The van der Waals surface area contributed by atoms with E-state index >= 15 is 0 Å². The Morgan fingerprint density at radius 2 is 2.13 bits per heavy atom. The Balaban J connectivity index is 1.76. The third-order valence-corrected chi connectivity index (χ3v) is 4.70. The van der Waals surface area contributed by atoms with Gasteiger partial charge in [-0.05, 0) is 29.1 Å². The molecule has 3 rings (SSSR count). The van der Waals surface area contributed by atoms with Crippen LogP contribution in [0, 0.1) is 11.7 Å². The molecule has 0 saturated carbocycles. The first-order valence-corrected chi connectivity index (χ1v) is 7.95. The van der Waals surface area contributed by atoms with Crippen molar-refractivity contribution in [2.75, 3.05) is 13.2 Å². The fourth-order valence-electron chi connectivity index (χ4n) is 2.52. The summed E-state index contributed by atoms with van der Waals surface area (Å²) in [6, 6.07) is 7.69. The van der Waals surface area contributed by atoms with E-state index in [1.165, 1.54) is 23.5 Å². The minimum absolute atomic E-state index is 0.0690. The van der Waals surface area contributed by atoms with Crippen LogP contribution in [0.25, 0.3) is 10.4 Å². The van der Waals surface area contributed by atoms with Crippen LogP contribution in [0.5, 0.6) is 0 Å². The van der Waals surface area contributed by atoms with Crippen molar-refractivity contribution >= 4 is 23.2 Å². The van der Waals surface area contributed by atoms with Crippen molar-refractivity contribution in [1.82, 2.24) is 5.32 Å². The molecule has 0 aliphatic carbocycles. The second-order valence-corrected chi connectivity index (χ2v) is 6.25. The van der Waals surface area contributed by atoms with Crippen LogP contribution in [0.2, 0.25) is 0 Å². The summed E-state index contributed by atoms with van der Waals surface area (Å²) in [5.74, 6) is -2.32. The molecule has 5 nitrogen and oxygen atoms in total. The lowest BCUT2D eigenvalue weighted by Gasteiger charge is -2.16. The summed E-state index contributed by atoms with van der Waals surface area (Å²) in [5, 5.41) is 4.52. The highest BCUT2D eigenvalue weighted by molar-refractivity contribution is 7.13. The number of rotatable bonds is 4. The summed E-state index contributed by atoms with van der Waals surface area (Å²) in [5.41, 5.74) is 5.91. The van der Waals surface area contributed by atoms with E-state index in [2.05, 4.69) is 5.32 Å². The lowest BCUT2D eigenvalue weighted by molar-refractivity contribution is -0.122. The smallest absolute Gasteiger partial charge is 0.254 e. The molecule has 1 fully saturated rings. The zero-order valence-corrected chi connectivity index (χ0v) is 12.9. The second kappa shape index (κ2) is 6.47. The summed E-state index contributed by atoms with van der Waals surface area (Å²) in [6.07, 6.45) is 0. The average Bonchev–Trinajstić information content (AvgIpc) is 3.18. The Morgan fingerprint density at radius 1 is 1.30 bits per heavy atom. The zero-order chi connectivity index (χ0) is 16.4. The fraction of sp³-hybridized carbons (Fsp3) is 0.250. The Bertz CT molecular complexity index is 733. The van der Waals surface area contributed by atoms with Crippen molar-refractivity contribution in [3.63, 3.8) is 0 Å². The molecule has 0 spiro atoms. The highest BCUT2D eigenvalue weighted by atomic mass is 32.1. The van der Waals surface area contributed by atoms with Crippen LogP contribution in [-0.4, -0.2) is 31.1 Å². The quantitative estimate of drug-likeness (QED) is 0.894. The Hall–Kier alpha value is -2.25. The van der Waals surface area contributed by atoms with Gasteiger partial charge in [-0.1, -0.05) is 12.1 Å². The molecule has 0 bridgehead atoms. The van der Waals surface area contributed by atoms with Gasteiger partial charge in [0, 0.05) is 4.88 Å². The maximum atomic E-state index is 14.2. The standard InChI is InChI=1S/C16H15FN2O3S/c17-12-6-9(14-2-1-5-23-14)3-4-10(12)16(21)19-13-8-22-7-11(13)15(18)20/h1-6,11,13H,7-8H2,(H2,18,20)(H,19,21)/t11-,13+/m1/s1. The number of halogens is 1. The van der Waals surface area contributed by atoms with Crippen LogP contribution in [0.15, 0.2) is 35.7 Å². The van der Waals surface area contributed by atoms with Crippen LogP contribution >= 0.6 is 11.3 Å². The minimum atomic E-state index is -0.608. The number of carbonyl (C=O) groups is 2. The Labute approximate surface area is 136 Å². The summed E-state index contributed by atoms with van der Waals surface area (Å²) >= 11 is 1.49. The number of primary amides is 1. The lowest BCUT2D eigenvalue weighted by Crippen LogP contribution is -2.44. The Kier molecular flexibility index (Phi) is 4.40. The lowest BCUT2D eigenvalue weighted by atomic mass is 10.0. The predicted octanol–water partition coefficient (Wildman–Crippen LogP) is 1.78. The highest BCUT2D eigenvalue weighted by Crippen LogP contribution is 2.26. The van der Waals surface area contributed by atoms with E-state index in [1.807, 2.05) is 17.5 Å². The number of benzene rings is 1. The van der Waals surface area contributed by atoms with Gasteiger partial charge in [0.25, 0.3) is 5.91 Å². The molecule has 2 atom stereocenters. The molecule has 2 heterocycles. The highest BCUT2D eigenvalue weighted by Gasteiger charge is 2.34. The normalized spacial score (nSPS) is 20.4. The van der Waals surface area contributed by atoms with Gasteiger partial charge < -0.3 is 15.8 Å². The van der Waals surface area contributed by atoms with Crippen molar-refractivity contribution in [2.24, 2.45) is 11.7 Å². The first-order chi connectivity index (χ1) is 11.1. The molecule has 120 valence electrons. The van der Waals surface area contributed by atoms with Crippen LogP contribution < -0.4 is 11.1 Å². The van der Waals surface area contributed by atoms with Gasteiger partial charge in [0.2, 0.25) is 5.91 Å². The summed E-state index contributed by atoms with van der Waals surface area (Å²) < 4.78 is 19.4. The van der Waals surface area contributed by atoms with Gasteiger partial charge in [-0.25, -0.2) is 4.39 Å². The maximum Gasteiger partial charge on any atom is 0.254 e.